The maximum absolute atomic E-state index is 12.7. The summed E-state index contributed by atoms with van der Waals surface area (Å²) in [6, 6.07) is 7.73. The molecule has 1 heterocycles. The number of aryl methyl sites for hydroxylation is 1. The van der Waals surface area contributed by atoms with Crippen molar-refractivity contribution in [2.75, 3.05) is 32.9 Å². The van der Waals surface area contributed by atoms with Crippen LogP contribution in [0.5, 0.6) is 5.75 Å². The molecule has 1 amide bonds. The minimum Gasteiger partial charge on any atom is -0.490 e. The highest BCUT2D eigenvalue weighted by molar-refractivity contribution is 5.79. The van der Waals surface area contributed by atoms with Crippen LogP contribution in [0, 0.1) is 12.8 Å². The number of ether oxygens (including phenoxy) is 2. The van der Waals surface area contributed by atoms with Crippen molar-refractivity contribution in [2.24, 2.45) is 5.92 Å². The van der Waals surface area contributed by atoms with Crippen LogP contribution >= 0.6 is 0 Å². The van der Waals surface area contributed by atoms with Gasteiger partial charge in [-0.3, -0.25) is 4.79 Å². The SMILES string of the molecule is Cc1cccc(OC[C@]2(O)COCCN(C(=O)C3CCCC3)C2)c1. The van der Waals surface area contributed by atoms with Crippen molar-refractivity contribution in [3.63, 3.8) is 0 Å². The van der Waals surface area contributed by atoms with Crippen molar-refractivity contribution >= 4 is 5.91 Å². The van der Waals surface area contributed by atoms with Crippen LogP contribution in [-0.4, -0.2) is 54.4 Å². The molecule has 5 nitrogen and oxygen atoms in total. The van der Waals surface area contributed by atoms with Crippen molar-refractivity contribution in [1.29, 1.82) is 0 Å². The van der Waals surface area contributed by atoms with Crippen LogP contribution in [0.25, 0.3) is 0 Å². The van der Waals surface area contributed by atoms with Gasteiger partial charge in [0.05, 0.1) is 19.8 Å². The van der Waals surface area contributed by atoms with E-state index in [-0.39, 0.29) is 31.6 Å². The fourth-order valence-electron chi connectivity index (χ4n) is 3.55. The molecule has 1 aromatic carbocycles. The van der Waals surface area contributed by atoms with Crippen molar-refractivity contribution < 1.29 is 19.4 Å². The lowest BCUT2D eigenvalue weighted by Gasteiger charge is -2.32. The van der Waals surface area contributed by atoms with Crippen molar-refractivity contribution in [3.05, 3.63) is 29.8 Å². The second-order valence-corrected chi connectivity index (χ2v) is 7.12. The molecular weight excluding hydrogens is 306 g/mol. The van der Waals surface area contributed by atoms with Gasteiger partial charge < -0.3 is 19.5 Å². The summed E-state index contributed by atoms with van der Waals surface area (Å²) in [7, 11) is 0. The van der Waals surface area contributed by atoms with Gasteiger partial charge in [-0.1, -0.05) is 25.0 Å². The number of aliphatic hydroxyl groups is 1. The molecule has 5 heteroatoms. The Labute approximate surface area is 143 Å². The van der Waals surface area contributed by atoms with Gasteiger partial charge in [-0.2, -0.15) is 0 Å². The Bertz CT molecular complexity index is 570. The molecule has 3 rings (SSSR count). The topological polar surface area (TPSA) is 59.0 Å². The number of hydrogen-bond donors (Lipinski definition) is 1. The van der Waals surface area contributed by atoms with Crippen molar-refractivity contribution in [3.8, 4) is 5.75 Å². The van der Waals surface area contributed by atoms with E-state index in [2.05, 4.69) is 0 Å². The van der Waals surface area contributed by atoms with Gasteiger partial charge in [0.1, 0.15) is 18.0 Å². The van der Waals surface area contributed by atoms with Crippen LogP contribution in [0.4, 0.5) is 0 Å². The first-order chi connectivity index (χ1) is 11.6. The number of benzene rings is 1. The summed E-state index contributed by atoms with van der Waals surface area (Å²) in [4.78, 5) is 14.4. The number of hydrogen-bond acceptors (Lipinski definition) is 4. The monoisotopic (exact) mass is 333 g/mol. The molecular formula is C19H27NO4. The molecule has 132 valence electrons. The molecule has 1 N–H and O–H groups in total. The molecule has 0 spiro atoms. The Morgan fingerprint density at radius 3 is 2.96 bits per heavy atom. The average Bonchev–Trinajstić information content (AvgIpc) is 3.03. The first kappa shape index (κ1) is 17.2. The molecule has 0 unspecified atom stereocenters. The predicted octanol–water partition coefficient (Wildman–Crippen LogP) is 2.15. The minimum absolute atomic E-state index is 0.116. The van der Waals surface area contributed by atoms with Crippen LogP contribution in [0.15, 0.2) is 24.3 Å². The van der Waals surface area contributed by atoms with Crippen LogP contribution in [0.2, 0.25) is 0 Å². The number of amides is 1. The molecule has 2 fully saturated rings. The lowest BCUT2D eigenvalue weighted by atomic mass is 10.0. The van der Waals surface area contributed by atoms with Gasteiger partial charge in [0, 0.05) is 12.5 Å². The number of carbonyl (C=O) groups excluding carboxylic acids is 1. The van der Waals surface area contributed by atoms with E-state index in [1.807, 2.05) is 31.2 Å². The second kappa shape index (κ2) is 7.53. The largest absolute Gasteiger partial charge is 0.490 e. The summed E-state index contributed by atoms with van der Waals surface area (Å²) < 4.78 is 11.3. The fraction of sp³-hybridized carbons (Fsp3) is 0.632. The Morgan fingerprint density at radius 1 is 1.42 bits per heavy atom. The lowest BCUT2D eigenvalue weighted by Crippen LogP contribution is -2.51. The summed E-state index contributed by atoms with van der Waals surface area (Å²) in [5.74, 6) is 0.998. The first-order valence-electron chi connectivity index (χ1n) is 8.84. The van der Waals surface area contributed by atoms with E-state index in [0.29, 0.717) is 13.2 Å². The van der Waals surface area contributed by atoms with E-state index in [1.165, 1.54) is 0 Å². The number of nitrogens with zero attached hydrogens (tertiary/aromatic N) is 1. The summed E-state index contributed by atoms with van der Waals surface area (Å²) in [5.41, 5.74) is -0.0660. The van der Waals surface area contributed by atoms with Gasteiger partial charge in [-0.25, -0.2) is 0 Å². The van der Waals surface area contributed by atoms with Crippen LogP contribution in [0.3, 0.4) is 0 Å². The van der Waals surface area contributed by atoms with Gasteiger partial charge in [-0.05, 0) is 37.5 Å². The standard InChI is InChI=1S/C19H27NO4/c1-15-5-4-8-17(11-15)24-14-19(22)12-20(9-10-23-13-19)18(21)16-6-2-3-7-16/h4-5,8,11,16,22H,2-3,6-7,9-10,12-14H2,1H3/t19-/m1/s1. The normalized spacial score (nSPS) is 25.5. The molecule has 0 radical (unpaired) electrons. The maximum atomic E-state index is 12.7. The van der Waals surface area contributed by atoms with Crippen molar-refractivity contribution in [2.45, 2.75) is 38.2 Å². The molecule has 1 aliphatic carbocycles. The van der Waals surface area contributed by atoms with E-state index in [4.69, 9.17) is 9.47 Å². The highest BCUT2D eigenvalue weighted by Crippen LogP contribution is 2.28. The van der Waals surface area contributed by atoms with Crippen LogP contribution < -0.4 is 4.74 Å². The quantitative estimate of drug-likeness (QED) is 0.917. The molecule has 1 aliphatic heterocycles. The van der Waals surface area contributed by atoms with Gasteiger partial charge >= 0.3 is 0 Å². The Balaban J connectivity index is 1.63. The highest BCUT2D eigenvalue weighted by atomic mass is 16.5. The van der Waals surface area contributed by atoms with Gasteiger partial charge in [0.25, 0.3) is 0 Å². The van der Waals surface area contributed by atoms with E-state index >= 15 is 0 Å². The molecule has 1 saturated carbocycles. The highest BCUT2D eigenvalue weighted by Gasteiger charge is 2.37. The molecule has 0 bridgehead atoms. The number of rotatable bonds is 4. The Morgan fingerprint density at radius 2 is 2.21 bits per heavy atom. The predicted molar refractivity (Wildman–Crippen MR) is 91.0 cm³/mol. The smallest absolute Gasteiger partial charge is 0.225 e. The molecule has 1 saturated heterocycles. The maximum Gasteiger partial charge on any atom is 0.225 e. The summed E-state index contributed by atoms with van der Waals surface area (Å²) >= 11 is 0. The van der Waals surface area contributed by atoms with E-state index in [0.717, 1.165) is 37.0 Å². The summed E-state index contributed by atoms with van der Waals surface area (Å²) in [6.45, 7) is 3.58. The lowest BCUT2D eigenvalue weighted by molar-refractivity contribution is -0.139. The second-order valence-electron chi connectivity index (χ2n) is 7.12. The Hall–Kier alpha value is -1.59. The zero-order valence-electron chi connectivity index (χ0n) is 14.4. The summed E-state index contributed by atoms with van der Waals surface area (Å²) in [6.07, 6.45) is 4.19. The molecule has 0 aromatic heterocycles. The third-order valence-electron chi connectivity index (χ3n) is 4.87. The molecule has 24 heavy (non-hydrogen) atoms. The van der Waals surface area contributed by atoms with Crippen LogP contribution in [-0.2, 0) is 9.53 Å². The third-order valence-corrected chi connectivity index (χ3v) is 4.87. The summed E-state index contributed by atoms with van der Waals surface area (Å²) in [5, 5.41) is 10.9. The average molecular weight is 333 g/mol. The van der Waals surface area contributed by atoms with Gasteiger partial charge in [0.15, 0.2) is 0 Å². The van der Waals surface area contributed by atoms with Crippen LogP contribution in [0.1, 0.15) is 31.2 Å². The van der Waals surface area contributed by atoms with Crippen molar-refractivity contribution in [1.82, 2.24) is 4.90 Å². The van der Waals surface area contributed by atoms with E-state index < -0.39 is 5.60 Å². The molecule has 1 aromatic rings. The Kier molecular flexibility index (Phi) is 5.41. The molecule has 1 atom stereocenters. The van der Waals surface area contributed by atoms with E-state index in [9.17, 15) is 9.90 Å². The van der Waals surface area contributed by atoms with Gasteiger partial charge in [-0.15, -0.1) is 0 Å². The number of carbonyl (C=O) groups is 1. The minimum atomic E-state index is -1.17. The van der Waals surface area contributed by atoms with Gasteiger partial charge in [0.2, 0.25) is 5.91 Å². The molecule has 2 aliphatic rings. The third kappa shape index (κ3) is 4.28. The zero-order chi connectivity index (χ0) is 17.0. The number of β-amino-alcohol motifs (C(OH)–C–C–N with tert-alkyl or cyclic N) is 1. The fourth-order valence-corrected chi connectivity index (χ4v) is 3.55. The van der Waals surface area contributed by atoms with E-state index in [1.54, 1.807) is 4.90 Å². The zero-order valence-corrected chi connectivity index (χ0v) is 14.4. The first-order valence-corrected chi connectivity index (χ1v) is 8.84.